The van der Waals surface area contributed by atoms with E-state index in [0.29, 0.717) is 12.1 Å². The van der Waals surface area contributed by atoms with Crippen molar-refractivity contribution in [2.75, 3.05) is 24.2 Å². The van der Waals surface area contributed by atoms with Gasteiger partial charge in [0.2, 0.25) is 0 Å². The summed E-state index contributed by atoms with van der Waals surface area (Å²) in [5.41, 5.74) is 2.28. The van der Waals surface area contributed by atoms with Crippen molar-refractivity contribution >= 4 is 39.1 Å². The quantitative estimate of drug-likeness (QED) is 0.416. The predicted octanol–water partition coefficient (Wildman–Crippen LogP) is 5.13. The number of aryl methyl sites for hydroxylation is 1. The van der Waals surface area contributed by atoms with Crippen LogP contribution in [-0.2, 0) is 6.42 Å². The average molecular weight is 431 g/mol. The van der Waals surface area contributed by atoms with E-state index in [-0.39, 0.29) is 5.82 Å². The Morgan fingerprint density at radius 3 is 2.86 bits per heavy atom. The van der Waals surface area contributed by atoms with E-state index in [9.17, 15) is 4.39 Å². The van der Waals surface area contributed by atoms with E-state index in [1.54, 1.807) is 41.6 Å². The van der Waals surface area contributed by atoms with Crippen LogP contribution in [-0.4, -0.2) is 41.4 Å². The van der Waals surface area contributed by atoms with Crippen LogP contribution in [0.3, 0.4) is 0 Å². The lowest BCUT2D eigenvalue weighted by Gasteiger charge is -2.39. The first-order valence-electron chi connectivity index (χ1n) is 10.2. The van der Waals surface area contributed by atoms with Gasteiger partial charge in [-0.1, -0.05) is 12.1 Å². The first-order chi connectivity index (χ1) is 14.2. The van der Waals surface area contributed by atoms with Crippen molar-refractivity contribution in [2.24, 2.45) is 0 Å². The van der Waals surface area contributed by atoms with Crippen LogP contribution in [0.4, 0.5) is 10.2 Å². The molecule has 1 aromatic carbocycles. The van der Waals surface area contributed by atoms with E-state index in [1.165, 1.54) is 15.2 Å². The van der Waals surface area contributed by atoms with Gasteiger partial charge in [-0.05, 0) is 63.1 Å². The molecule has 1 fully saturated rings. The molecule has 0 amide bonds. The molecule has 0 spiro atoms. The summed E-state index contributed by atoms with van der Waals surface area (Å²) in [5, 5.41) is 5.91. The SMILES string of the molecule is CSc1csc2c(N3CCC(NCCCc4ccc(F)cc4)CC3C)ncnc12. The molecule has 0 radical (unpaired) electrons. The Hall–Kier alpha value is -1.70. The molecule has 29 heavy (non-hydrogen) atoms. The Labute approximate surface area is 179 Å². The van der Waals surface area contributed by atoms with Gasteiger partial charge in [-0.2, -0.15) is 0 Å². The Kier molecular flexibility index (Phi) is 6.67. The molecule has 1 aliphatic rings. The van der Waals surface area contributed by atoms with Crippen LogP contribution < -0.4 is 10.2 Å². The number of rotatable bonds is 7. The molecule has 0 aliphatic carbocycles. The number of hydrogen-bond acceptors (Lipinski definition) is 6. The van der Waals surface area contributed by atoms with Gasteiger partial charge in [0.15, 0.2) is 0 Å². The van der Waals surface area contributed by atoms with Crippen molar-refractivity contribution in [3.8, 4) is 0 Å². The molecule has 154 valence electrons. The second-order valence-corrected chi connectivity index (χ2v) is 9.35. The van der Waals surface area contributed by atoms with Crippen LogP contribution >= 0.6 is 23.1 Å². The molecule has 0 bridgehead atoms. The van der Waals surface area contributed by atoms with Gasteiger partial charge >= 0.3 is 0 Å². The van der Waals surface area contributed by atoms with E-state index in [4.69, 9.17) is 0 Å². The molecule has 0 saturated carbocycles. The summed E-state index contributed by atoms with van der Waals surface area (Å²) in [7, 11) is 0. The number of benzene rings is 1. The molecule has 3 aromatic rings. The lowest BCUT2D eigenvalue weighted by molar-refractivity contribution is 0.366. The third-order valence-electron chi connectivity index (χ3n) is 5.66. The van der Waals surface area contributed by atoms with Gasteiger partial charge in [0.25, 0.3) is 0 Å². The van der Waals surface area contributed by atoms with E-state index in [0.717, 1.165) is 50.1 Å². The maximum absolute atomic E-state index is 13.0. The lowest BCUT2D eigenvalue weighted by atomic mass is 9.98. The number of piperidine rings is 1. The van der Waals surface area contributed by atoms with Gasteiger partial charge in [0.05, 0.1) is 4.70 Å². The highest BCUT2D eigenvalue weighted by Crippen LogP contribution is 2.37. The molecule has 7 heteroatoms. The first kappa shape index (κ1) is 20.6. The number of thiophene rings is 1. The molecule has 4 rings (SSSR count). The molecule has 1 N–H and O–H groups in total. The van der Waals surface area contributed by atoms with Crippen molar-refractivity contribution in [2.45, 2.75) is 49.6 Å². The minimum absolute atomic E-state index is 0.166. The third kappa shape index (κ3) is 4.73. The van der Waals surface area contributed by atoms with Gasteiger partial charge in [0, 0.05) is 28.9 Å². The number of fused-ring (bicyclic) bond motifs is 1. The van der Waals surface area contributed by atoms with Crippen LogP contribution in [0, 0.1) is 5.82 Å². The zero-order valence-electron chi connectivity index (χ0n) is 16.9. The van der Waals surface area contributed by atoms with Crippen LogP contribution in [0.15, 0.2) is 40.9 Å². The van der Waals surface area contributed by atoms with E-state index in [2.05, 4.69) is 38.7 Å². The fourth-order valence-corrected chi connectivity index (χ4v) is 5.92. The summed E-state index contributed by atoms with van der Waals surface area (Å²) >= 11 is 3.50. The molecule has 4 nitrogen and oxygen atoms in total. The van der Waals surface area contributed by atoms with Crippen LogP contribution in [0.2, 0.25) is 0 Å². The van der Waals surface area contributed by atoms with Crippen LogP contribution in [0.5, 0.6) is 0 Å². The fraction of sp³-hybridized carbons (Fsp3) is 0.455. The van der Waals surface area contributed by atoms with E-state index >= 15 is 0 Å². The Morgan fingerprint density at radius 1 is 1.28 bits per heavy atom. The highest BCUT2D eigenvalue weighted by Gasteiger charge is 2.27. The monoisotopic (exact) mass is 430 g/mol. The fourth-order valence-electron chi connectivity index (χ4n) is 4.09. The number of nitrogens with zero attached hydrogens (tertiary/aromatic N) is 3. The highest BCUT2D eigenvalue weighted by atomic mass is 32.2. The summed E-state index contributed by atoms with van der Waals surface area (Å²) in [6, 6.07) is 7.82. The number of thioether (sulfide) groups is 1. The lowest BCUT2D eigenvalue weighted by Crippen LogP contribution is -2.48. The Bertz CT molecular complexity index is 944. The summed E-state index contributed by atoms with van der Waals surface area (Å²) < 4.78 is 14.2. The molecular formula is C22H27FN4S2. The third-order valence-corrected chi connectivity index (χ3v) is 7.52. The largest absolute Gasteiger partial charge is 0.353 e. The topological polar surface area (TPSA) is 41.0 Å². The molecule has 2 atom stereocenters. The molecule has 3 heterocycles. The number of anilines is 1. The van der Waals surface area contributed by atoms with Crippen molar-refractivity contribution in [1.29, 1.82) is 0 Å². The van der Waals surface area contributed by atoms with Crippen LogP contribution in [0.1, 0.15) is 31.7 Å². The second-order valence-electron chi connectivity index (χ2n) is 7.63. The number of halogens is 1. The smallest absolute Gasteiger partial charge is 0.150 e. The van der Waals surface area contributed by atoms with Crippen LogP contribution in [0.25, 0.3) is 10.2 Å². The van der Waals surface area contributed by atoms with Crippen molar-refractivity contribution in [1.82, 2.24) is 15.3 Å². The van der Waals surface area contributed by atoms with Crippen molar-refractivity contribution in [3.05, 3.63) is 47.4 Å². The average Bonchev–Trinajstić information content (AvgIpc) is 3.16. The first-order valence-corrected chi connectivity index (χ1v) is 12.3. The standard InChI is InChI=1S/C22H27FN4S2/c1-15-12-18(24-10-3-4-16-5-7-17(23)8-6-16)9-11-27(15)22-21-20(25-14-26-22)19(28-2)13-29-21/h5-8,13-15,18,24H,3-4,9-12H2,1-2H3. The summed E-state index contributed by atoms with van der Waals surface area (Å²) in [4.78, 5) is 12.8. The number of aromatic nitrogens is 2. The van der Waals surface area contributed by atoms with Crippen molar-refractivity contribution in [3.63, 3.8) is 0 Å². The summed E-state index contributed by atoms with van der Waals surface area (Å²) in [5.74, 6) is 0.920. The highest BCUT2D eigenvalue weighted by molar-refractivity contribution is 7.99. The predicted molar refractivity (Wildman–Crippen MR) is 122 cm³/mol. The maximum atomic E-state index is 13.0. The minimum atomic E-state index is -0.166. The molecule has 1 aliphatic heterocycles. The van der Waals surface area contributed by atoms with Gasteiger partial charge in [-0.25, -0.2) is 14.4 Å². The molecule has 2 unspecified atom stereocenters. The molecule has 2 aromatic heterocycles. The van der Waals surface area contributed by atoms with Gasteiger partial charge in [-0.3, -0.25) is 0 Å². The normalized spacial score (nSPS) is 19.8. The minimum Gasteiger partial charge on any atom is -0.353 e. The van der Waals surface area contributed by atoms with Crippen molar-refractivity contribution < 1.29 is 4.39 Å². The van der Waals surface area contributed by atoms with Gasteiger partial charge in [-0.15, -0.1) is 23.1 Å². The second kappa shape index (κ2) is 9.41. The van der Waals surface area contributed by atoms with E-state index in [1.807, 2.05) is 12.1 Å². The summed E-state index contributed by atoms with van der Waals surface area (Å²) in [6.45, 7) is 4.30. The zero-order valence-corrected chi connectivity index (χ0v) is 18.5. The van der Waals surface area contributed by atoms with Gasteiger partial charge in [0.1, 0.15) is 23.5 Å². The van der Waals surface area contributed by atoms with E-state index < -0.39 is 0 Å². The zero-order chi connectivity index (χ0) is 20.2. The van der Waals surface area contributed by atoms with Gasteiger partial charge < -0.3 is 10.2 Å². The molecular weight excluding hydrogens is 403 g/mol. The molecule has 1 saturated heterocycles. The number of hydrogen-bond donors (Lipinski definition) is 1. The number of nitrogens with one attached hydrogen (secondary N) is 1. The maximum Gasteiger partial charge on any atom is 0.150 e. The Balaban J connectivity index is 1.30. The Morgan fingerprint density at radius 2 is 2.10 bits per heavy atom. The summed E-state index contributed by atoms with van der Waals surface area (Å²) in [6.07, 6.45) is 8.09.